The molecule has 3 atom stereocenters. The van der Waals surface area contributed by atoms with Crippen LogP contribution in [-0.2, 0) is 27.2 Å². The van der Waals surface area contributed by atoms with Crippen LogP contribution in [0, 0.1) is 16.0 Å². The Balaban J connectivity index is 1.76. The van der Waals surface area contributed by atoms with Gasteiger partial charge in [0.1, 0.15) is 23.5 Å². The number of ether oxygens (including phenoxy) is 2. The SMILES string of the molecule is CCOC(=O)CCc1cc(OC2=C([N+](=O)[O-])C(C(Cc3cnc[nH]3)C(=O)O)=NC(SC)N2N)cc(C2NC=CCN2)c1. The Morgan fingerprint density at radius 3 is 2.79 bits per heavy atom. The van der Waals surface area contributed by atoms with Crippen molar-refractivity contribution in [3.63, 3.8) is 0 Å². The van der Waals surface area contributed by atoms with Gasteiger partial charge >= 0.3 is 17.6 Å². The normalized spacial score (nSPS) is 19.1. The molecular formula is C26H32N8O7S. The molecule has 0 radical (unpaired) electrons. The molecule has 15 nitrogen and oxygen atoms in total. The Morgan fingerprint density at radius 2 is 2.17 bits per heavy atom. The molecule has 2 aliphatic heterocycles. The van der Waals surface area contributed by atoms with Crippen molar-refractivity contribution in [3.05, 3.63) is 81.5 Å². The van der Waals surface area contributed by atoms with Gasteiger partial charge in [0.15, 0.2) is 5.50 Å². The van der Waals surface area contributed by atoms with E-state index in [0.29, 0.717) is 24.2 Å². The number of aromatic amines is 1. The molecule has 0 aliphatic carbocycles. The van der Waals surface area contributed by atoms with E-state index in [9.17, 15) is 24.8 Å². The van der Waals surface area contributed by atoms with E-state index in [-0.39, 0.29) is 48.9 Å². The van der Waals surface area contributed by atoms with Crippen molar-refractivity contribution in [1.29, 1.82) is 0 Å². The van der Waals surface area contributed by atoms with Gasteiger partial charge in [-0.2, -0.15) is 0 Å². The average Bonchev–Trinajstić information content (AvgIpc) is 3.49. The number of aromatic nitrogens is 2. The van der Waals surface area contributed by atoms with Crippen LogP contribution in [0.4, 0.5) is 0 Å². The van der Waals surface area contributed by atoms with Crippen molar-refractivity contribution in [2.75, 3.05) is 19.4 Å². The van der Waals surface area contributed by atoms with Gasteiger partial charge < -0.3 is 24.9 Å². The third-order valence-corrected chi connectivity index (χ3v) is 7.20. The maximum atomic E-state index is 12.5. The number of aliphatic carboxylic acids is 1. The van der Waals surface area contributed by atoms with E-state index in [4.69, 9.17) is 15.3 Å². The van der Waals surface area contributed by atoms with Crippen LogP contribution in [-0.4, -0.2) is 67.6 Å². The van der Waals surface area contributed by atoms with E-state index >= 15 is 0 Å². The van der Waals surface area contributed by atoms with Crippen molar-refractivity contribution in [1.82, 2.24) is 25.6 Å². The van der Waals surface area contributed by atoms with Crippen LogP contribution in [0.5, 0.6) is 5.75 Å². The number of hydrazine groups is 1. The lowest BCUT2D eigenvalue weighted by Gasteiger charge is -2.31. The highest BCUT2D eigenvalue weighted by molar-refractivity contribution is 7.99. The number of nitrogens with two attached hydrogens (primary N) is 1. The number of nitro groups is 1. The molecular weight excluding hydrogens is 568 g/mol. The minimum absolute atomic E-state index is 0.118. The largest absolute Gasteiger partial charge is 0.481 e. The summed E-state index contributed by atoms with van der Waals surface area (Å²) in [6.45, 7) is 2.60. The highest BCUT2D eigenvalue weighted by Crippen LogP contribution is 2.32. The number of nitrogens with one attached hydrogen (secondary N) is 3. The first-order valence-electron chi connectivity index (χ1n) is 13.1. The fraction of sp³-hybridized carbons (Fsp3) is 0.385. The third kappa shape index (κ3) is 7.26. The van der Waals surface area contributed by atoms with Crippen LogP contribution in [0.3, 0.4) is 0 Å². The molecule has 16 heteroatoms. The first kappa shape index (κ1) is 30.5. The van der Waals surface area contributed by atoms with Crippen molar-refractivity contribution >= 4 is 29.4 Å². The van der Waals surface area contributed by atoms with Gasteiger partial charge in [0.05, 0.1) is 17.9 Å². The van der Waals surface area contributed by atoms with Gasteiger partial charge in [0.2, 0.25) is 0 Å². The zero-order valence-electron chi connectivity index (χ0n) is 23.0. The number of nitrogens with zero attached hydrogens (tertiary/aromatic N) is 4. The topological polar surface area (TPSA) is 210 Å². The van der Waals surface area contributed by atoms with E-state index < -0.39 is 28.0 Å². The number of aryl methyl sites for hydroxylation is 1. The van der Waals surface area contributed by atoms with Gasteiger partial charge in [0.25, 0.3) is 5.88 Å². The summed E-state index contributed by atoms with van der Waals surface area (Å²) in [5, 5.41) is 30.0. The minimum Gasteiger partial charge on any atom is -0.481 e. The summed E-state index contributed by atoms with van der Waals surface area (Å²) in [4.78, 5) is 47.2. The van der Waals surface area contributed by atoms with Gasteiger partial charge in [-0.3, -0.25) is 25.0 Å². The number of carboxylic acids is 1. The Morgan fingerprint density at radius 1 is 1.36 bits per heavy atom. The molecule has 2 aromatic rings. The minimum atomic E-state index is -1.39. The molecule has 0 saturated carbocycles. The Kier molecular flexibility index (Phi) is 10.2. The summed E-state index contributed by atoms with van der Waals surface area (Å²) in [7, 11) is 0. The van der Waals surface area contributed by atoms with E-state index in [1.165, 1.54) is 12.5 Å². The number of hydrogen-bond acceptors (Lipinski definition) is 13. The number of thioether (sulfide) groups is 1. The molecule has 42 heavy (non-hydrogen) atoms. The van der Waals surface area contributed by atoms with Crippen molar-refractivity contribution in [3.8, 4) is 5.75 Å². The second-order valence-corrected chi connectivity index (χ2v) is 10.2. The van der Waals surface area contributed by atoms with Crippen LogP contribution < -0.4 is 21.2 Å². The first-order chi connectivity index (χ1) is 20.2. The monoisotopic (exact) mass is 600 g/mol. The lowest BCUT2D eigenvalue weighted by Crippen LogP contribution is -2.47. The summed E-state index contributed by atoms with van der Waals surface area (Å²) in [5.74, 6) is 3.08. The average molecular weight is 601 g/mol. The van der Waals surface area contributed by atoms with Crippen LogP contribution >= 0.6 is 11.8 Å². The number of esters is 1. The predicted molar refractivity (Wildman–Crippen MR) is 153 cm³/mol. The Hall–Kier alpha value is -4.41. The fourth-order valence-corrected chi connectivity index (χ4v) is 5.06. The van der Waals surface area contributed by atoms with Gasteiger partial charge in [-0.1, -0.05) is 12.1 Å². The fourth-order valence-electron chi connectivity index (χ4n) is 4.51. The summed E-state index contributed by atoms with van der Waals surface area (Å²) in [5.41, 5.74) is 0.0838. The molecule has 0 fully saturated rings. The molecule has 4 rings (SSSR count). The van der Waals surface area contributed by atoms with E-state index in [0.717, 1.165) is 22.3 Å². The molecule has 3 unspecified atom stereocenters. The zero-order valence-corrected chi connectivity index (χ0v) is 23.8. The molecule has 0 saturated heterocycles. The highest BCUT2D eigenvalue weighted by atomic mass is 32.2. The number of imidazole rings is 1. The van der Waals surface area contributed by atoms with Crippen molar-refractivity contribution < 1.29 is 29.1 Å². The Bertz CT molecular complexity index is 1390. The second kappa shape index (κ2) is 14.0. The van der Waals surface area contributed by atoms with Gasteiger partial charge in [0, 0.05) is 31.3 Å². The number of rotatable bonds is 13. The van der Waals surface area contributed by atoms with Crippen LogP contribution in [0.2, 0.25) is 0 Å². The molecule has 224 valence electrons. The number of benzene rings is 1. The molecule has 0 spiro atoms. The third-order valence-electron chi connectivity index (χ3n) is 6.45. The van der Waals surface area contributed by atoms with E-state index in [2.05, 4.69) is 25.6 Å². The van der Waals surface area contributed by atoms with Gasteiger partial charge in [-0.15, -0.1) is 11.8 Å². The number of carbonyl (C=O) groups excluding carboxylic acids is 1. The van der Waals surface area contributed by atoms with Gasteiger partial charge in [-0.05, 0) is 49.1 Å². The van der Waals surface area contributed by atoms with E-state index in [1.54, 1.807) is 31.5 Å². The summed E-state index contributed by atoms with van der Waals surface area (Å²) < 4.78 is 11.2. The Labute approximate surface area is 245 Å². The maximum absolute atomic E-state index is 12.5. The van der Waals surface area contributed by atoms with Crippen LogP contribution in [0.1, 0.15) is 36.3 Å². The number of carboxylic acid groups (broad SMARTS) is 1. The first-order valence-corrected chi connectivity index (χ1v) is 14.4. The second-order valence-electron chi connectivity index (χ2n) is 9.29. The number of allylic oxidation sites excluding steroid dienone is 1. The lowest BCUT2D eigenvalue weighted by atomic mass is 9.95. The van der Waals surface area contributed by atoms with Crippen molar-refractivity contribution in [2.24, 2.45) is 16.8 Å². The number of H-pyrrole nitrogens is 1. The molecule has 1 aromatic carbocycles. The molecule has 2 aliphatic rings. The summed E-state index contributed by atoms with van der Waals surface area (Å²) in [6, 6.07) is 5.23. The molecule has 0 amide bonds. The standard InChI is InChI=1S/C26H32N8O7S/c1-3-40-20(35)6-5-15-9-16(23-29-7-4-8-30-23)11-18(10-15)41-24-22(34(38)39)21(32-26(42-2)33(24)27)19(25(36)37)12-17-13-28-14-31-17/h4,7,9-11,13-14,19,23,26,29-30H,3,5-6,8,12,27H2,1-2H3,(H,28,31)(H,36,37). The number of aliphatic imine (C=N–C) groups is 1. The van der Waals surface area contributed by atoms with Gasteiger partial charge in [-0.25, -0.2) is 20.8 Å². The maximum Gasteiger partial charge on any atom is 0.352 e. The molecule has 3 heterocycles. The molecule has 6 N–H and O–H groups in total. The van der Waals surface area contributed by atoms with Crippen LogP contribution in [0.25, 0.3) is 0 Å². The summed E-state index contributed by atoms with van der Waals surface area (Å²) >= 11 is 1.15. The smallest absolute Gasteiger partial charge is 0.352 e. The highest BCUT2D eigenvalue weighted by Gasteiger charge is 2.44. The number of hydrogen-bond donors (Lipinski definition) is 5. The molecule has 1 aromatic heterocycles. The van der Waals surface area contributed by atoms with E-state index in [1.807, 2.05) is 12.1 Å². The zero-order chi connectivity index (χ0) is 30.2. The quantitative estimate of drug-likeness (QED) is 0.0959. The summed E-state index contributed by atoms with van der Waals surface area (Å²) in [6.07, 6.45) is 8.26. The predicted octanol–water partition coefficient (Wildman–Crippen LogP) is 1.66. The number of carbonyl (C=O) groups is 2. The van der Waals surface area contributed by atoms with Crippen LogP contribution in [0.15, 0.2) is 59.6 Å². The molecule has 0 bridgehead atoms. The lowest BCUT2D eigenvalue weighted by molar-refractivity contribution is -0.420. The van der Waals surface area contributed by atoms with Crippen molar-refractivity contribution in [2.45, 2.75) is 37.8 Å².